The van der Waals surface area contributed by atoms with Gasteiger partial charge in [-0.1, -0.05) is 18.0 Å². The van der Waals surface area contributed by atoms with Crippen LogP contribution < -0.4 is 5.32 Å². The molecule has 148 valence electrons. The summed E-state index contributed by atoms with van der Waals surface area (Å²) in [6, 6.07) is 0. The van der Waals surface area contributed by atoms with Crippen molar-refractivity contribution < 1.29 is 18.0 Å². The second-order valence-electron chi connectivity index (χ2n) is 6.62. The van der Waals surface area contributed by atoms with Crippen LogP contribution in [0.4, 0.5) is 13.2 Å². The van der Waals surface area contributed by atoms with Gasteiger partial charge in [0.1, 0.15) is 6.54 Å². The van der Waals surface area contributed by atoms with Crippen molar-refractivity contribution in [1.29, 1.82) is 0 Å². The summed E-state index contributed by atoms with van der Waals surface area (Å²) >= 11 is 5.77. The van der Waals surface area contributed by atoms with Crippen molar-refractivity contribution in [1.82, 2.24) is 24.9 Å². The molecule has 0 aromatic carbocycles. The summed E-state index contributed by atoms with van der Waals surface area (Å²) in [6.45, 7) is 0.778. The van der Waals surface area contributed by atoms with E-state index in [2.05, 4.69) is 15.5 Å². The largest absolute Gasteiger partial charge is 0.435 e. The number of carbonyl (C=O) groups is 1. The van der Waals surface area contributed by atoms with E-state index in [9.17, 15) is 18.0 Å². The number of alkyl halides is 3. The SMILES string of the molecule is O=C(Cn1nc(C(F)(F)F)c2c1CCCCC2)NCCCn1cc(Cl)cn1. The standard InChI is InChI=1S/C17H21ClF3N5O/c18-12-9-23-25(10-12)8-4-7-22-15(27)11-26-14-6-3-1-2-5-13(14)16(24-26)17(19,20)21/h9-10H,1-8,11H2,(H,22,27). The Morgan fingerprint density at radius 3 is 2.74 bits per heavy atom. The summed E-state index contributed by atoms with van der Waals surface area (Å²) in [5.74, 6) is -0.350. The first-order valence-electron chi connectivity index (χ1n) is 8.95. The minimum absolute atomic E-state index is 0.202. The molecule has 2 aromatic rings. The molecule has 27 heavy (non-hydrogen) atoms. The first-order chi connectivity index (χ1) is 12.8. The fraction of sp³-hybridized carbons (Fsp3) is 0.588. The van der Waals surface area contributed by atoms with Gasteiger partial charge in [-0.3, -0.25) is 14.2 Å². The van der Waals surface area contributed by atoms with E-state index < -0.39 is 11.9 Å². The summed E-state index contributed by atoms with van der Waals surface area (Å²) in [5, 5.41) is 11.0. The maximum absolute atomic E-state index is 13.3. The number of halogens is 4. The third kappa shape index (κ3) is 5.03. The number of carbonyl (C=O) groups excluding carboxylic acids is 1. The van der Waals surface area contributed by atoms with Crippen molar-refractivity contribution in [3.05, 3.63) is 34.4 Å². The molecule has 0 unspecified atom stereocenters. The van der Waals surface area contributed by atoms with Gasteiger partial charge < -0.3 is 5.32 Å². The van der Waals surface area contributed by atoms with Gasteiger partial charge in [0.05, 0.1) is 11.2 Å². The van der Waals surface area contributed by atoms with E-state index in [4.69, 9.17) is 11.6 Å². The third-order valence-electron chi connectivity index (χ3n) is 4.56. The van der Waals surface area contributed by atoms with Crippen molar-refractivity contribution in [2.45, 2.75) is 57.8 Å². The van der Waals surface area contributed by atoms with Crippen LogP contribution in [0.2, 0.25) is 5.02 Å². The smallest absolute Gasteiger partial charge is 0.354 e. The molecule has 0 fully saturated rings. The number of rotatable bonds is 6. The highest BCUT2D eigenvalue weighted by Crippen LogP contribution is 2.35. The van der Waals surface area contributed by atoms with Gasteiger partial charge in [0.25, 0.3) is 0 Å². The molecule has 1 N–H and O–H groups in total. The molecule has 3 rings (SSSR count). The lowest BCUT2D eigenvalue weighted by Crippen LogP contribution is -2.30. The summed E-state index contributed by atoms with van der Waals surface area (Å²) in [7, 11) is 0. The van der Waals surface area contributed by atoms with E-state index in [1.807, 2.05) is 0 Å². The van der Waals surface area contributed by atoms with Gasteiger partial charge in [-0.25, -0.2) is 0 Å². The number of aromatic nitrogens is 4. The summed E-state index contributed by atoms with van der Waals surface area (Å²) < 4.78 is 42.7. The van der Waals surface area contributed by atoms with Crippen LogP contribution in [0.5, 0.6) is 0 Å². The minimum Gasteiger partial charge on any atom is -0.354 e. The number of hydrogen-bond donors (Lipinski definition) is 1. The van der Waals surface area contributed by atoms with Crippen molar-refractivity contribution in [2.24, 2.45) is 0 Å². The molecule has 1 aliphatic rings. The first-order valence-corrected chi connectivity index (χ1v) is 9.33. The topological polar surface area (TPSA) is 64.7 Å². The van der Waals surface area contributed by atoms with E-state index >= 15 is 0 Å². The first kappa shape index (κ1) is 19.7. The van der Waals surface area contributed by atoms with Crippen molar-refractivity contribution >= 4 is 17.5 Å². The van der Waals surface area contributed by atoms with Crippen molar-refractivity contribution in [3.8, 4) is 0 Å². The Hall–Kier alpha value is -2.03. The van der Waals surface area contributed by atoms with Crippen LogP contribution in [-0.4, -0.2) is 32.0 Å². The number of aryl methyl sites for hydroxylation is 1. The molecule has 0 atom stereocenters. The molecule has 0 aliphatic heterocycles. The Kier molecular flexibility index (Phi) is 6.08. The molecule has 1 amide bonds. The van der Waals surface area contributed by atoms with Gasteiger partial charge in [-0.15, -0.1) is 0 Å². The molecule has 10 heteroatoms. The van der Waals surface area contributed by atoms with Crippen LogP contribution in [0.25, 0.3) is 0 Å². The van der Waals surface area contributed by atoms with E-state index in [1.54, 1.807) is 10.9 Å². The monoisotopic (exact) mass is 403 g/mol. The fourth-order valence-corrected chi connectivity index (χ4v) is 3.48. The summed E-state index contributed by atoms with van der Waals surface area (Å²) in [6.07, 6.45) is 2.63. The van der Waals surface area contributed by atoms with E-state index in [0.717, 1.165) is 12.8 Å². The third-order valence-corrected chi connectivity index (χ3v) is 4.75. The molecule has 6 nitrogen and oxygen atoms in total. The van der Waals surface area contributed by atoms with Crippen molar-refractivity contribution in [3.63, 3.8) is 0 Å². The zero-order valence-corrected chi connectivity index (χ0v) is 15.5. The zero-order valence-electron chi connectivity index (χ0n) is 14.7. The van der Waals surface area contributed by atoms with Crippen LogP contribution in [0.15, 0.2) is 12.4 Å². The van der Waals surface area contributed by atoms with Crippen LogP contribution in [-0.2, 0) is 36.9 Å². The Morgan fingerprint density at radius 2 is 2.04 bits per heavy atom. The van der Waals surface area contributed by atoms with Gasteiger partial charge in [0.15, 0.2) is 5.69 Å². The highest BCUT2D eigenvalue weighted by Gasteiger charge is 2.39. The summed E-state index contributed by atoms with van der Waals surface area (Å²) in [4.78, 5) is 12.2. The average Bonchev–Trinajstić information content (AvgIpc) is 3.06. The van der Waals surface area contributed by atoms with Crippen LogP contribution in [0.3, 0.4) is 0 Å². The number of hydrogen-bond acceptors (Lipinski definition) is 3. The highest BCUT2D eigenvalue weighted by atomic mass is 35.5. The molecule has 1 aliphatic carbocycles. The van der Waals surface area contributed by atoms with Gasteiger partial charge in [-0.05, 0) is 32.1 Å². The van der Waals surface area contributed by atoms with Crippen LogP contribution in [0, 0.1) is 0 Å². The van der Waals surface area contributed by atoms with Gasteiger partial charge >= 0.3 is 6.18 Å². The Labute approximate surface area is 159 Å². The lowest BCUT2D eigenvalue weighted by molar-refractivity contribution is -0.142. The maximum atomic E-state index is 13.3. The molecule has 2 aromatic heterocycles. The number of amides is 1. The minimum atomic E-state index is -4.50. The molecular weight excluding hydrogens is 383 g/mol. The fourth-order valence-electron chi connectivity index (χ4n) is 3.33. The average molecular weight is 404 g/mol. The molecule has 0 bridgehead atoms. The molecule has 2 heterocycles. The second-order valence-corrected chi connectivity index (χ2v) is 7.05. The lowest BCUT2D eigenvalue weighted by atomic mass is 10.1. The number of nitrogens with zero attached hydrogens (tertiary/aromatic N) is 4. The quantitative estimate of drug-likeness (QED) is 0.595. The van der Waals surface area contributed by atoms with E-state index in [-0.39, 0.29) is 18.0 Å². The Morgan fingerprint density at radius 1 is 1.26 bits per heavy atom. The Bertz CT molecular complexity index is 799. The number of fused-ring (bicyclic) bond motifs is 1. The predicted molar refractivity (Wildman–Crippen MR) is 93.4 cm³/mol. The predicted octanol–water partition coefficient (Wildman–Crippen LogP) is 3.23. The van der Waals surface area contributed by atoms with Gasteiger partial charge in [0, 0.05) is 30.5 Å². The molecular formula is C17H21ClF3N5O. The van der Waals surface area contributed by atoms with Crippen LogP contribution in [0.1, 0.15) is 42.6 Å². The van der Waals surface area contributed by atoms with E-state index in [1.165, 1.54) is 10.9 Å². The molecule has 0 saturated heterocycles. The van der Waals surface area contributed by atoms with Gasteiger partial charge in [-0.2, -0.15) is 23.4 Å². The number of nitrogens with one attached hydrogen (secondary N) is 1. The maximum Gasteiger partial charge on any atom is 0.435 e. The summed E-state index contributed by atoms with van der Waals surface area (Å²) in [5.41, 5.74) is -0.0488. The normalized spacial score (nSPS) is 14.7. The van der Waals surface area contributed by atoms with E-state index in [0.29, 0.717) is 49.5 Å². The van der Waals surface area contributed by atoms with Gasteiger partial charge in [0.2, 0.25) is 5.91 Å². The second kappa shape index (κ2) is 8.33. The molecule has 0 radical (unpaired) electrons. The highest BCUT2D eigenvalue weighted by molar-refractivity contribution is 6.30. The van der Waals surface area contributed by atoms with Crippen molar-refractivity contribution in [2.75, 3.05) is 6.54 Å². The lowest BCUT2D eigenvalue weighted by Gasteiger charge is -2.09. The zero-order chi connectivity index (χ0) is 19.4. The van der Waals surface area contributed by atoms with Crippen LogP contribution >= 0.6 is 11.6 Å². The molecule has 0 spiro atoms. The Balaban J connectivity index is 1.59. The molecule has 0 saturated carbocycles.